The zero-order chi connectivity index (χ0) is 13.1. The van der Waals surface area contributed by atoms with Crippen LogP contribution in [0.4, 0.5) is 0 Å². The van der Waals surface area contributed by atoms with Crippen LogP contribution < -0.4 is 0 Å². The van der Waals surface area contributed by atoms with Crippen molar-refractivity contribution >= 4 is 5.97 Å². The number of hydrogen-bond donors (Lipinski definition) is 0. The number of benzene rings is 1. The van der Waals surface area contributed by atoms with Crippen molar-refractivity contribution in [1.29, 1.82) is 0 Å². The van der Waals surface area contributed by atoms with E-state index in [0.717, 1.165) is 0 Å². The Bertz CT molecular complexity index is 388. The van der Waals surface area contributed by atoms with Crippen LogP contribution in [0.5, 0.6) is 0 Å². The van der Waals surface area contributed by atoms with E-state index in [2.05, 4.69) is 45.9 Å². The molecular weight excluding hydrogens is 212 g/mol. The zero-order valence-corrected chi connectivity index (χ0v) is 11.4. The molecule has 0 bridgehead atoms. The normalized spacial score (nSPS) is 13.2. The number of aryl methyl sites for hydroxylation is 1. The maximum Gasteiger partial charge on any atom is 0.306 e. The molecule has 0 saturated carbocycles. The predicted octanol–water partition coefficient (Wildman–Crippen LogP) is 3.69. The smallest absolute Gasteiger partial charge is 0.306 e. The molecule has 17 heavy (non-hydrogen) atoms. The fourth-order valence-electron chi connectivity index (χ4n) is 2.06. The summed E-state index contributed by atoms with van der Waals surface area (Å²) < 4.78 is 4.79. The van der Waals surface area contributed by atoms with Gasteiger partial charge in [-0.05, 0) is 23.8 Å². The molecule has 0 aliphatic heterocycles. The van der Waals surface area contributed by atoms with Gasteiger partial charge in [0, 0.05) is 0 Å². The summed E-state index contributed by atoms with van der Waals surface area (Å²) >= 11 is 0. The first-order valence-electron chi connectivity index (χ1n) is 5.98. The van der Waals surface area contributed by atoms with E-state index in [1.54, 1.807) is 0 Å². The summed E-state index contributed by atoms with van der Waals surface area (Å²) in [7, 11) is 1.44. The van der Waals surface area contributed by atoms with Gasteiger partial charge in [0.2, 0.25) is 0 Å². The summed E-state index contributed by atoms with van der Waals surface area (Å²) in [6.07, 6.45) is 0.434. The molecule has 1 aromatic carbocycles. The van der Waals surface area contributed by atoms with E-state index < -0.39 is 0 Å². The van der Waals surface area contributed by atoms with Gasteiger partial charge in [0.25, 0.3) is 0 Å². The van der Waals surface area contributed by atoms with Gasteiger partial charge in [0.1, 0.15) is 0 Å². The largest absolute Gasteiger partial charge is 0.469 e. The van der Waals surface area contributed by atoms with Crippen molar-refractivity contribution in [1.82, 2.24) is 0 Å². The van der Waals surface area contributed by atoms with Crippen LogP contribution >= 0.6 is 0 Å². The van der Waals surface area contributed by atoms with Gasteiger partial charge in [-0.3, -0.25) is 4.79 Å². The summed E-state index contributed by atoms with van der Waals surface area (Å²) in [6.45, 7) is 8.54. The van der Waals surface area contributed by atoms with Gasteiger partial charge in [-0.2, -0.15) is 0 Å². The monoisotopic (exact) mass is 234 g/mol. The lowest BCUT2D eigenvalue weighted by atomic mass is 9.74. The van der Waals surface area contributed by atoms with Gasteiger partial charge in [-0.25, -0.2) is 0 Å². The Kier molecular flexibility index (Phi) is 4.33. The number of carbonyl (C=O) groups is 1. The molecule has 0 aromatic heterocycles. The van der Waals surface area contributed by atoms with Crippen molar-refractivity contribution in [2.45, 2.75) is 40.0 Å². The second-order valence-corrected chi connectivity index (χ2v) is 5.61. The van der Waals surface area contributed by atoms with Crippen LogP contribution in [0.25, 0.3) is 0 Å². The molecule has 1 rings (SSSR count). The van der Waals surface area contributed by atoms with Gasteiger partial charge in [0.05, 0.1) is 13.5 Å². The van der Waals surface area contributed by atoms with Crippen LogP contribution in [0, 0.1) is 12.3 Å². The number of ether oxygens (including phenoxy) is 1. The van der Waals surface area contributed by atoms with Crippen molar-refractivity contribution in [3.63, 3.8) is 0 Å². The first-order chi connectivity index (χ1) is 7.84. The summed E-state index contributed by atoms with van der Waals surface area (Å²) in [5.74, 6) is 0.0429. The van der Waals surface area contributed by atoms with Crippen LogP contribution in [0.3, 0.4) is 0 Å². The number of carbonyl (C=O) groups excluding carboxylic acids is 1. The molecule has 1 aromatic rings. The van der Waals surface area contributed by atoms with E-state index in [1.807, 2.05) is 6.07 Å². The Morgan fingerprint density at radius 1 is 1.35 bits per heavy atom. The third kappa shape index (κ3) is 3.88. The van der Waals surface area contributed by atoms with Gasteiger partial charge in [-0.1, -0.05) is 50.6 Å². The van der Waals surface area contributed by atoms with Crippen molar-refractivity contribution in [3.05, 3.63) is 35.4 Å². The highest BCUT2D eigenvalue weighted by molar-refractivity contribution is 5.70. The van der Waals surface area contributed by atoms with Crippen LogP contribution in [0.1, 0.15) is 44.2 Å². The van der Waals surface area contributed by atoms with Crippen molar-refractivity contribution < 1.29 is 9.53 Å². The Balaban J connectivity index is 3.02. The number of methoxy groups -OCH3 is 1. The molecule has 0 saturated heterocycles. The minimum atomic E-state index is -0.147. The molecule has 1 atom stereocenters. The number of esters is 1. The van der Waals surface area contributed by atoms with Crippen LogP contribution in [-0.4, -0.2) is 13.1 Å². The lowest BCUT2D eigenvalue weighted by molar-refractivity contribution is -0.141. The summed E-state index contributed by atoms with van der Waals surface area (Å²) in [5, 5.41) is 0. The fraction of sp³-hybridized carbons (Fsp3) is 0.533. The maximum absolute atomic E-state index is 11.5. The minimum absolute atomic E-state index is 0.0436. The van der Waals surface area contributed by atoms with Crippen LogP contribution in [-0.2, 0) is 9.53 Å². The molecule has 0 aliphatic carbocycles. The molecule has 2 heteroatoms. The standard InChI is InChI=1S/C15H22O2/c1-11-7-6-8-12(9-11)13(15(2,3)4)10-14(16)17-5/h6-9,13H,10H2,1-5H3/t13-/m1/s1. The fourth-order valence-corrected chi connectivity index (χ4v) is 2.06. The van der Waals surface area contributed by atoms with E-state index in [0.29, 0.717) is 6.42 Å². The second kappa shape index (κ2) is 5.35. The minimum Gasteiger partial charge on any atom is -0.469 e. The molecule has 0 N–H and O–H groups in total. The Labute approximate surface area is 104 Å². The highest BCUT2D eigenvalue weighted by Crippen LogP contribution is 2.38. The lowest BCUT2D eigenvalue weighted by Gasteiger charge is -2.30. The summed E-state index contributed by atoms with van der Waals surface area (Å²) in [4.78, 5) is 11.5. The third-order valence-corrected chi connectivity index (χ3v) is 3.09. The molecule has 0 aliphatic rings. The Morgan fingerprint density at radius 3 is 2.47 bits per heavy atom. The van der Waals surface area contributed by atoms with Crippen LogP contribution in [0.15, 0.2) is 24.3 Å². The molecular formula is C15H22O2. The van der Waals surface area contributed by atoms with Crippen LogP contribution in [0.2, 0.25) is 0 Å². The van der Waals surface area contributed by atoms with Crippen molar-refractivity contribution in [3.8, 4) is 0 Å². The maximum atomic E-state index is 11.5. The number of rotatable bonds is 3. The SMILES string of the molecule is COC(=O)C[C@H](c1cccc(C)c1)C(C)(C)C. The van der Waals surface area contributed by atoms with Crippen molar-refractivity contribution in [2.24, 2.45) is 5.41 Å². The zero-order valence-electron chi connectivity index (χ0n) is 11.4. The molecule has 94 valence electrons. The van der Waals surface area contributed by atoms with Gasteiger partial charge < -0.3 is 4.74 Å². The van der Waals surface area contributed by atoms with E-state index >= 15 is 0 Å². The first-order valence-corrected chi connectivity index (χ1v) is 5.98. The quantitative estimate of drug-likeness (QED) is 0.746. The van der Waals surface area contributed by atoms with E-state index in [4.69, 9.17) is 4.74 Å². The lowest BCUT2D eigenvalue weighted by Crippen LogP contribution is -2.22. The van der Waals surface area contributed by atoms with E-state index in [9.17, 15) is 4.79 Å². The third-order valence-electron chi connectivity index (χ3n) is 3.09. The van der Waals surface area contributed by atoms with Gasteiger partial charge >= 0.3 is 5.97 Å². The average Bonchev–Trinajstić information content (AvgIpc) is 2.23. The van der Waals surface area contributed by atoms with Gasteiger partial charge in [-0.15, -0.1) is 0 Å². The van der Waals surface area contributed by atoms with Gasteiger partial charge in [0.15, 0.2) is 0 Å². The molecule has 0 unspecified atom stereocenters. The molecule has 0 amide bonds. The molecule has 0 spiro atoms. The highest BCUT2D eigenvalue weighted by Gasteiger charge is 2.28. The topological polar surface area (TPSA) is 26.3 Å². The Hall–Kier alpha value is -1.31. The van der Waals surface area contributed by atoms with E-state index in [-0.39, 0.29) is 17.3 Å². The van der Waals surface area contributed by atoms with E-state index in [1.165, 1.54) is 18.2 Å². The molecule has 0 radical (unpaired) electrons. The second-order valence-electron chi connectivity index (χ2n) is 5.61. The average molecular weight is 234 g/mol. The van der Waals surface area contributed by atoms with Crippen molar-refractivity contribution in [2.75, 3.05) is 7.11 Å². The number of hydrogen-bond acceptors (Lipinski definition) is 2. The molecule has 2 nitrogen and oxygen atoms in total. The Morgan fingerprint density at radius 2 is 2.00 bits per heavy atom. The summed E-state index contributed by atoms with van der Waals surface area (Å²) in [6, 6.07) is 8.35. The molecule has 0 heterocycles. The highest BCUT2D eigenvalue weighted by atomic mass is 16.5. The molecule has 0 fully saturated rings. The predicted molar refractivity (Wildman–Crippen MR) is 70.0 cm³/mol. The first kappa shape index (κ1) is 13.8. The summed E-state index contributed by atoms with van der Waals surface area (Å²) in [5.41, 5.74) is 2.48.